The van der Waals surface area contributed by atoms with Gasteiger partial charge in [-0.05, 0) is 45.7 Å². The van der Waals surface area contributed by atoms with E-state index in [-0.39, 0.29) is 5.41 Å². The van der Waals surface area contributed by atoms with Gasteiger partial charge >= 0.3 is 0 Å². The summed E-state index contributed by atoms with van der Waals surface area (Å²) in [6, 6.07) is 0.531. The van der Waals surface area contributed by atoms with E-state index in [1.807, 2.05) is 0 Å². The first kappa shape index (κ1) is 17.9. The fourth-order valence-electron chi connectivity index (χ4n) is 2.97. The topological polar surface area (TPSA) is 44.7 Å². The first-order chi connectivity index (χ1) is 9.58. The SMILES string of the molecule is CC(C)NCC1(CN(C)CCCCCO)CCCOC1. The van der Waals surface area contributed by atoms with Gasteiger partial charge in [-0.2, -0.15) is 0 Å². The van der Waals surface area contributed by atoms with Crippen molar-refractivity contribution >= 4 is 0 Å². The van der Waals surface area contributed by atoms with Crippen LogP contribution in [0.25, 0.3) is 0 Å². The minimum Gasteiger partial charge on any atom is -0.396 e. The molecule has 1 atom stereocenters. The number of nitrogens with one attached hydrogen (secondary N) is 1. The second-order valence-electron chi connectivity index (χ2n) is 6.71. The van der Waals surface area contributed by atoms with Crippen molar-refractivity contribution in [1.29, 1.82) is 0 Å². The maximum absolute atomic E-state index is 8.82. The lowest BCUT2D eigenvalue weighted by atomic mass is 9.81. The van der Waals surface area contributed by atoms with Crippen molar-refractivity contribution in [2.45, 2.75) is 52.0 Å². The maximum Gasteiger partial charge on any atom is 0.0546 e. The summed E-state index contributed by atoms with van der Waals surface area (Å²) in [5, 5.41) is 12.4. The van der Waals surface area contributed by atoms with Crippen LogP contribution in [0.4, 0.5) is 0 Å². The van der Waals surface area contributed by atoms with Crippen molar-refractivity contribution in [2.75, 3.05) is 46.5 Å². The van der Waals surface area contributed by atoms with Gasteiger partial charge in [-0.3, -0.25) is 0 Å². The van der Waals surface area contributed by atoms with Crippen molar-refractivity contribution in [2.24, 2.45) is 5.41 Å². The number of unbranched alkanes of at least 4 members (excludes halogenated alkanes) is 2. The summed E-state index contributed by atoms with van der Waals surface area (Å²) in [4.78, 5) is 2.44. The molecule has 0 saturated carbocycles. The highest BCUT2D eigenvalue weighted by Gasteiger charge is 2.33. The highest BCUT2D eigenvalue weighted by molar-refractivity contribution is 4.87. The molecular formula is C16H34N2O2. The summed E-state index contributed by atoms with van der Waals surface area (Å²) in [5.41, 5.74) is 0.272. The largest absolute Gasteiger partial charge is 0.396 e. The number of rotatable bonds is 10. The number of aliphatic hydroxyl groups excluding tert-OH is 1. The van der Waals surface area contributed by atoms with Crippen LogP contribution < -0.4 is 5.32 Å². The van der Waals surface area contributed by atoms with E-state index in [1.165, 1.54) is 19.3 Å². The maximum atomic E-state index is 8.82. The Bertz CT molecular complexity index is 241. The Labute approximate surface area is 124 Å². The summed E-state index contributed by atoms with van der Waals surface area (Å²) >= 11 is 0. The highest BCUT2D eigenvalue weighted by Crippen LogP contribution is 2.29. The Morgan fingerprint density at radius 1 is 1.30 bits per heavy atom. The predicted molar refractivity (Wildman–Crippen MR) is 84.1 cm³/mol. The smallest absolute Gasteiger partial charge is 0.0546 e. The molecule has 4 nitrogen and oxygen atoms in total. The van der Waals surface area contributed by atoms with Gasteiger partial charge in [-0.25, -0.2) is 0 Å². The molecule has 0 aliphatic carbocycles. The van der Waals surface area contributed by atoms with Crippen LogP contribution in [0.2, 0.25) is 0 Å². The first-order valence-corrected chi connectivity index (χ1v) is 8.18. The van der Waals surface area contributed by atoms with Crippen LogP contribution in [0.5, 0.6) is 0 Å². The van der Waals surface area contributed by atoms with Crippen LogP contribution in [-0.2, 0) is 4.74 Å². The molecule has 2 N–H and O–H groups in total. The number of ether oxygens (including phenoxy) is 1. The molecule has 0 amide bonds. The quantitative estimate of drug-likeness (QED) is 0.602. The zero-order valence-electron chi connectivity index (χ0n) is 13.7. The second kappa shape index (κ2) is 9.72. The molecule has 0 radical (unpaired) electrons. The number of aliphatic hydroxyl groups is 1. The molecule has 1 aliphatic rings. The Hall–Kier alpha value is -0.160. The molecule has 1 rings (SSSR count). The van der Waals surface area contributed by atoms with E-state index in [2.05, 4.69) is 31.1 Å². The van der Waals surface area contributed by atoms with Crippen LogP contribution in [0.3, 0.4) is 0 Å². The molecule has 120 valence electrons. The van der Waals surface area contributed by atoms with Gasteiger partial charge in [0.1, 0.15) is 0 Å². The normalized spacial score (nSPS) is 23.7. The molecule has 0 aromatic heterocycles. The van der Waals surface area contributed by atoms with Crippen LogP contribution >= 0.6 is 0 Å². The molecule has 1 unspecified atom stereocenters. The lowest BCUT2D eigenvalue weighted by Gasteiger charge is -2.40. The zero-order chi connectivity index (χ0) is 14.8. The van der Waals surface area contributed by atoms with Gasteiger partial charge < -0.3 is 20.1 Å². The molecule has 1 heterocycles. The number of hydrogen-bond acceptors (Lipinski definition) is 4. The molecule has 1 aliphatic heterocycles. The molecule has 20 heavy (non-hydrogen) atoms. The van der Waals surface area contributed by atoms with Crippen molar-refractivity contribution in [3.8, 4) is 0 Å². The average Bonchev–Trinajstić information content (AvgIpc) is 2.43. The minimum absolute atomic E-state index is 0.272. The van der Waals surface area contributed by atoms with Crippen LogP contribution in [0.1, 0.15) is 46.0 Å². The Morgan fingerprint density at radius 3 is 2.70 bits per heavy atom. The molecule has 0 aromatic carbocycles. The molecule has 0 aromatic rings. The fraction of sp³-hybridized carbons (Fsp3) is 1.00. The summed E-state index contributed by atoms with van der Waals surface area (Å²) in [5.74, 6) is 0. The van der Waals surface area contributed by atoms with E-state index in [0.29, 0.717) is 12.6 Å². The zero-order valence-corrected chi connectivity index (χ0v) is 13.7. The molecular weight excluding hydrogens is 252 g/mol. The Balaban J connectivity index is 2.38. The fourth-order valence-corrected chi connectivity index (χ4v) is 2.97. The summed E-state index contributed by atoms with van der Waals surface area (Å²) in [6.45, 7) is 9.80. The molecule has 0 bridgehead atoms. The Morgan fingerprint density at radius 2 is 2.10 bits per heavy atom. The standard InChI is InChI=1S/C16H34N2O2/c1-15(2)17-12-16(8-7-11-20-14-16)13-18(3)9-5-4-6-10-19/h15,17,19H,4-14H2,1-3H3. The van der Waals surface area contributed by atoms with Crippen molar-refractivity contribution in [3.63, 3.8) is 0 Å². The molecule has 1 fully saturated rings. The van der Waals surface area contributed by atoms with Crippen LogP contribution in [0, 0.1) is 5.41 Å². The van der Waals surface area contributed by atoms with E-state index in [4.69, 9.17) is 9.84 Å². The lowest BCUT2D eigenvalue weighted by molar-refractivity contribution is -0.0236. The third kappa shape index (κ3) is 7.02. The van der Waals surface area contributed by atoms with E-state index in [0.717, 1.165) is 45.7 Å². The van der Waals surface area contributed by atoms with Crippen LogP contribution in [-0.4, -0.2) is 62.6 Å². The van der Waals surface area contributed by atoms with E-state index in [1.54, 1.807) is 0 Å². The van der Waals surface area contributed by atoms with Crippen molar-refractivity contribution < 1.29 is 9.84 Å². The van der Waals surface area contributed by atoms with E-state index < -0.39 is 0 Å². The van der Waals surface area contributed by atoms with Gasteiger partial charge in [0.15, 0.2) is 0 Å². The van der Waals surface area contributed by atoms with E-state index >= 15 is 0 Å². The summed E-state index contributed by atoms with van der Waals surface area (Å²) in [6.07, 6.45) is 5.66. The summed E-state index contributed by atoms with van der Waals surface area (Å²) < 4.78 is 5.76. The van der Waals surface area contributed by atoms with Gasteiger partial charge in [0.2, 0.25) is 0 Å². The number of nitrogens with zero attached hydrogens (tertiary/aromatic N) is 1. The summed E-state index contributed by atoms with van der Waals surface area (Å²) in [7, 11) is 2.21. The third-order valence-corrected chi connectivity index (χ3v) is 4.09. The van der Waals surface area contributed by atoms with Crippen LogP contribution in [0.15, 0.2) is 0 Å². The Kier molecular flexibility index (Phi) is 8.69. The highest BCUT2D eigenvalue weighted by atomic mass is 16.5. The van der Waals surface area contributed by atoms with Crippen molar-refractivity contribution in [3.05, 3.63) is 0 Å². The molecule has 4 heteroatoms. The lowest BCUT2D eigenvalue weighted by Crippen LogP contribution is -2.49. The second-order valence-corrected chi connectivity index (χ2v) is 6.71. The minimum atomic E-state index is 0.272. The third-order valence-electron chi connectivity index (χ3n) is 4.09. The van der Waals surface area contributed by atoms with Gasteiger partial charge in [-0.15, -0.1) is 0 Å². The van der Waals surface area contributed by atoms with Gasteiger partial charge in [-0.1, -0.05) is 13.8 Å². The monoisotopic (exact) mass is 286 g/mol. The van der Waals surface area contributed by atoms with Gasteiger partial charge in [0.05, 0.1) is 6.61 Å². The predicted octanol–water partition coefficient (Wildman–Crippen LogP) is 1.88. The van der Waals surface area contributed by atoms with Gasteiger partial charge in [0, 0.05) is 37.8 Å². The van der Waals surface area contributed by atoms with E-state index in [9.17, 15) is 0 Å². The molecule has 1 saturated heterocycles. The number of hydrogen-bond donors (Lipinski definition) is 2. The average molecular weight is 286 g/mol. The molecule has 0 spiro atoms. The van der Waals surface area contributed by atoms with Gasteiger partial charge in [0.25, 0.3) is 0 Å². The first-order valence-electron chi connectivity index (χ1n) is 8.18. The van der Waals surface area contributed by atoms with Crippen molar-refractivity contribution in [1.82, 2.24) is 10.2 Å².